The molecule has 0 aromatic heterocycles. The quantitative estimate of drug-likeness (QED) is 0.799. The van der Waals surface area contributed by atoms with Crippen molar-refractivity contribution in [2.45, 2.75) is 13.3 Å². The molecule has 1 aliphatic heterocycles. The monoisotopic (exact) mass is 345 g/mol. The van der Waals surface area contributed by atoms with Crippen LogP contribution in [0.25, 0.3) is 0 Å². The van der Waals surface area contributed by atoms with Crippen LogP contribution in [-0.4, -0.2) is 31.4 Å². The smallest absolute Gasteiger partial charge is 0.239 e. The van der Waals surface area contributed by atoms with Crippen LogP contribution in [0.3, 0.4) is 0 Å². The van der Waals surface area contributed by atoms with E-state index in [9.17, 15) is 9.59 Å². The Hall–Kier alpha value is -1.30. The van der Waals surface area contributed by atoms with Gasteiger partial charge in [-0.3, -0.25) is 9.59 Å². The lowest BCUT2D eigenvalue weighted by Gasteiger charge is -2.17. The molecule has 0 bridgehead atoms. The summed E-state index contributed by atoms with van der Waals surface area (Å²) in [4.78, 5) is 26.1. The van der Waals surface area contributed by atoms with Gasteiger partial charge in [0.05, 0.1) is 0 Å². The second kappa shape index (κ2) is 8.36. The molecule has 1 heterocycles. The van der Waals surface area contributed by atoms with Crippen LogP contribution in [-0.2, 0) is 9.59 Å². The average Bonchev–Trinajstić information content (AvgIpc) is 2.86. The molecule has 2 unspecified atom stereocenters. The van der Waals surface area contributed by atoms with Gasteiger partial charge >= 0.3 is 0 Å². The summed E-state index contributed by atoms with van der Waals surface area (Å²) < 4.78 is 0. The lowest BCUT2D eigenvalue weighted by molar-refractivity contribution is -0.132. The molecule has 0 aliphatic carbocycles. The van der Waals surface area contributed by atoms with E-state index in [1.165, 1.54) is 0 Å². The van der Waals surface area contributed by atoms with Crippen molar-refractivity contribution in [1.82, 2.24) is 5.32 Å². The number of rotatable bonds is 5. The molecule has 22 heavy (non-hydrogen) atoms. The van der Waals surface area contributed by atoms with Gasteiger partial charge < -0.3 is 16.0 Å². The molecule has 1 fully saturated rings. The first-order chi connectivity index (χ1) is 10.0. The summed E-state index contributed by atoms with van der Waals surface area (Å²) in [6.45, 7) is 3.49. The predicted octanol–water partition coefficient (Wildman–Crippen LogP) is 1.83. The number of hydrogen-bond donors (Lipinski definition) is 2. The van der Waals surface area contributed by atoms with Crippen molar-refractivity contribution in [2.24, 2.45) is 17.6 Å². The molecule has 1 aromatic rings. The molecule has 0 saturated carbocycles. The molecule has 2 atom stereocenters. The molecule has 1 aliphatic rings. The Morgan fingerprint density at radius 3 is 2.91 bits per heavy atom. The summed E-state index contributed by atoms with van der Waals surface area (Å²) in [5.74, 6) is -0.802. The highest BCUT2D eigenvalue weighted by molar-refractivity contribution is 6.31. The highest BCUT2D eigenvalue weighted by atomic mass is 35.5. The Bertz CT molecular complexity index is 539. The maximum atomic E-state index is 12.4. The molecule has 5 nitrogen and oxygen atoms in total. The predicted molar refractivity (Wildman–Crippen MR) is 90.4 cm³/mol. The maximum absolute atomic E-state index is 12.4. The van der Waals surface area contributed by atoms with Crippen LogP contribution in [0.1, 0.15) is 13.3 Å². The Labute approximate surface area is 141 Å². The highest BCUT2D eigenvalue weighted by Crippen LogP contribution is 2.27. The minimum atomic E-state index is -0.617. The summed E-state index contributed by atoms with van der Waals surface area (Å²) in [6, 6.07) is 7.10. The summed E-state index contributed by atoms with van der Waals surface area (Å²) in [6.07, 6.45) is 0.522. The number of carbonyl (C=O) groups is 2. The Kier molecular flexibility index (Phi) is 7.13. The summed E-state index contributed by atoms with van der Waals surface area (Å²) in [5.41, 5.74) is 6.25. The van der Waals surface area contributed by atoms with Gasteiger partial charge in [0, 0.05) is 23.8 Å². The second-order valence-corrected chi connectivity index (χ2v) is 5.83. The molecule has 1 aromatic carbocycles. The third kappa shape index (κ3) is 4.35. The highest BCUT2D eigenvalue weighted by Gasteiger charge is 2.37. The Balaban J connectivity index is 0.00000242. The van der Waals surface area contributed by atoms with E-state index in [1.807, 2.05) is 13.0 Å². The van der Waals surface area contributed by atoms with Gasteiger partial charge in [-0.05, 0) is 37.1 Å². The number of nitrogens with one attached hydrogen (secondary N) is 1. The van der Waals surface area contributed by atoms with Crippen LogP contribution in [0, 0.1) is 11.8 Å². The normalized spacial score (nSPS) is 18.8. The zero-order valence-electron chi connectivity index (χ0n) is 12.4. The third-order valence-corrected chi connectivity index (χ3v) is 3.90. The first-order valence-corrected chi connectivity index (χ1v) is 7.45. The van der Waals surface area contributed by atoms with Crippen molar-refractivity contribution in [2.75, 3.05) is 24.5 Å². The van der Waals surface area contributed by atoms with Crippen molar-refractivity contribution < 1.29 is 9.59 Å². The van der Waals surface area contributed by atoms with Crippen molar-refractivity contribution in [3.8, 4) is 0 Å². The lowest BCUT2D eigenvalue weighted by atomic mass is 10.1. The molecule has 2 rings (SSSR count). The molecular weight excluding hydrogens is 325 g/mol. The standard InChI is InChI=1S/C15H20ClN3O2.ClH/c1-10(8-17)9-18-14(20)13-5-6-19(15(13)21)12-4-2-3-11(16)7-12;/h2-4,7,10,13H,5-6,8-9,17H2,1H3,(H,18,20);1H. The number of carbonyl (C=O) groups excluding carboxylic acids is 2. The van der Waals surface area contributed by atoms with E-state index in [-0.39, 0.29) is 30.1 Å². The van der Waals surface area contributed by atoms with Crippen molar-refractivity contribution >= 4 is 41.5 Å². The van der Waals surface area contributed by atoms with Gasteiger partial charge in [0.25, 0.3) is 0 Å². The van der Waals surface area contributed by atoms with Crippen LogP contribution in [0.2, 0.25) is 5.02 Å². The van der Waals surface area contributed by atoms with Crippen LogP contribution >= 0.6 is 24.0 Å². The minimum Gasteiger partial charge on any atom is -0.355 e. The van der Waals surface area contributed by atoms with E-state index in [1.54, 1.807) is 23.1 Å². The van der Waals surface area contributed by atoms with E-state index in [4.69, 9.17) is 17.3 Å². The van der Waals surface area contributed by atoms with Crippen LogP contribution in [0.5, 0.6) is 0 Å². The first kappa shape index (κ1) is 18.7. The van der Waals surface area contributed by atoms with Crippen molar-refractivity contribution in [1.29, 1.82) is 0 Å². The topological polar surface area (TPSA) is 75.4 Å². The molecule has 0 radical (unpaired) electrons. The molecule has 0 spiro atoms. The van der Waals surface area contributed by atoms with Crippen LogP contribution in [0.4, 0.5) is 5.69 Å². The van der Waals surface area contributed by atoms with Gasteiger partial charge in [-0.1, -0.05) is 24.6 Å². The summed E-state index contributed by atoms with van der Waals surface area (Å²) in [7, 11) is 0. The van der Waals surface area contributed by atoms with E-state index in [0.717, 1.165) is 5.69 Å². The summed E-state index contributed by atoms with van der Waals surface area (Å²) in [5, 5.41) is 3.37. The van der Waals surface area contributed by atoms with Crippen LogP contribution in [0.15, 0.2) is 24.3 Å². The van der Waals surface area contributed by atoms with Gasteiger partial charge in [0.2, 0.25) is 11.8 Å². The van der Waals surface area contributed by atoms with Gasteiger partial charge in [0.1, 0.15) is 5.92 Å². The Morgan fingerprint density at radius 2 is 2.27 bits per heavy atom. The van der Waals surface area contributed by atoms with Crippen molar-refractivity contribution in [3.63, 3.8) is 0 Å². The minimum absolute atomic E-state index is 0. The number of halogens is 2. The Morgan fingerprint density at radius 1 is 1.55 bits per heavy atom. The average molecular weight is 346 g/mol. The van der Waals surface area contributed by atoms with Gasteiger partial charge in [-0.15, -0.1) is 12.4 Å². The number of nitrogens with two attached hydrogens (primary N) is 1. The fraction of sp³-hybridized carbons (Fsp3) is 0.467. The van der Waals surface area contributed by atoms with Crippen LogP contribution < -0.4 is 16.0 Å². The first-order valence-electron chi connectivity index (χ1n) is 7.07. The number of anilines is 1. The van der Waals surface area contributed by atoms with Gasteiger partial charge in [0.15, 0.2) is 0 Å². The molecule has 7 heteroatoms. The number of hydrogen-bond acceptors (Lipinski definition) is 3. The summed E-state index contributed by atoms with van der Waals surface area (Å²) >= 11 is 5.94. The number of nitrogens with zero attached hydrogens (tertiary/aromatic N) is 1. The molecule has 122 valence electrons. The molecule has 2 amide bonds. The molecule has 3 N–H and O–H groups in total. The van der Waals surface area contributed by atoms with E-state index >= 15 is 0 Å². The SMILES string of the molecule is CC(CN)CNC(=O)C1CCN(c2cccc(Cl)c2)C1=O.Cl. The molecule has 1 saturated heterocycles. The van der Waals surface area contributed by atoms with Gasteiger partial charge in [-0.25, -0.2) is 0 Å². The fourth-order valence-corrected chi connectivity index (χ4v) is 2.49. The third-order valence-electron chi connectivity index (χ3n) is 3.67. The number of amides is 2. The largest absolute Gasteiger partial charge is 0.355 e. The van der Waals surface area contributed by atoms with Crippen molar-refractivity contribution in [3.05, 3.63) is 29.3 Å². The zero-order valence-corrected chi connectivity index (χ0v) is 14.0. The number of benzene rings is 1. The van der Waals surface area contributed by atoms with E-state index in [0.29, 0.717) is 31.1 Å². The van der Waals surface area contributed by atoms with E-state index in [2.05, 4.69) is 5.32 Å². The van der Waals surface area contributed by atoms with E-state index < -0.39 is 5.92 Å². The fourth-order valence-electron chi connectivity index (χ4n) is 2.30. The van der Waals surface area contributed by atoms with Gasteiger partial charge in [-0.2, -0.15) is 0 Å². The lowest BCUT2D eigenvalue weighted by Crippen LogP contribution is -2.39. The molecular formula is C15H21Cl2N3O2. The maximum Gasteiger partial charge on any atom is 0.239 e. The second-order valence-electron chi connectivity index (χ2n) is 5.40. The zero-order chi connectivity index (χ0) is 15.4.